The fraction of sp³-hybridized carbons (Fsp3) is 0.167. The van der Waals surface area contributed by atoms with Crippen LogP contribution in [0.3, 0.4) is 0 Å². The normalized spacial score (nSPS) is 10.5. The predicted octanol–water partition coefficient (Wildman–Crippen LogP) is 3.29. The minimum atomic E-state index is -0.0554. The molecule has 5 nitrogen and oxygen atoms in total. The lowest BCUT2D eigenvalue weighted by Gasteiger charge is -2.04. The van der Waals surface area contributed by atoms with E-state index >= 15 is 0 Å². The summed E-state index contributed by atoms with van der Waals surface area (Å²) in [5.74, 6) is 0.929. The fourth-order valence-electron chi connectivity index (χ4n) is 2.21. The maximum Gasteiger partial charge on any atom is 0.247 e. The number of rotatable bonds is 6. The van der Waals surface area contributed by atoms with E-state index in [4.69, 9.17) is 16.0 Å². The third-order valence-corrected chi connectivity index (χ3v) is 3.68. The first kappa shape index (κ1) is 16.2. The number of benzene rings is 2. The Balaban J connectivity index is 1.47. The number of carbonyl (C=O) groups excluding carboxylic acids is 1. The third kappa shape index (κ3) is 4.43. The van der Waals surface area contributed by atoms with E-state index in [0.717, 1.165) is 11.1 Å². The molecule has 1 N–H and O–H groups in total. The van der Waals surface area contributed by atoms with Gasteiger partial charge in [0.25, 0.3) is 0 Å². The van der Waals surface area contributed by atoms with Crippen molar-refractivity contribution in [3.8, 4) is 11.5 Å². The van der Waals surface area contributed by atoms with Crippen LogP contribution in [0.15, 0.2) is 59.0 Å². The standard InChI is InChI=1S/C18H16ClN3O2/c19-15-8-6-13(7-9-15)12-16(23)20-11-10-17-21-22-18(24-17)14-4-2-1-3-5-14/h1-9H,10-12H2,(H,20,23). The van der Waals surface area contributed by atoms with E-state index in [-0.39, 0.29) is 5.91 Å². The summed E-state index contributed by atoms with van der Waals surface area (Å²) in [6, 6.07) is 16.8. The summed E-state index contributed by atoms with van der Waals surface area (Å²) < 4.78 is 5.59. The Labute approximate surface area is 144 Å². The molecule has 0 spiro atoms. The fourth-order valence-corrected chi connectivity index (χ4v) is 2.34. The van der Waals surface area contributed by atoms with E-state index in [9.17, 15) is 4.79 Å². The highest BCUT2D eigenvalue weighted by molar-refractivity contribution is 6.30. The quantitative estimate of drug-likeness (QED) is 0.747. The number of nitrogens with zero attached hydrogens (tertiary/aromatic N) is 2. The van der Waals surface area contributed by atoms with E-state index in [0.29, 0.717) is 36.2 Å². The molecule has 3 rings (SSSR count). The SMILES string of the molecule is O=C(Cc1ccc(Cl)cc1)NCCc1nnc(-c2ccccc2)o1. The zero-order valence-electron chi connectivity index (χ0n) is 12.9. The van der Waals surface area contributed by atoms with Gasteiger partial charge in [0.05, 0.1) is 6.42 Å². The van der Waals surface area contributed by atoms with Gasteiger partial charge in [-0.3, -0.25) is 4.79 Å². The molecule has 0 aliphatic heterocycles. The zero-order valence-corrected chi connectivity index (χ0v) is 13.7. The number of hydrogen-bond acceptors (Lipinski definition) is 4. The molecular formula is C18H16ClN3O2. The van der Waals surface area contributed by atoms with Crippen LogP contribution in [0, 0.1) is 0 Å². The molecule has 0 aliphatic carbocycles. The molecule has 0 radical (unpaired) electrons. The molecule has 122 valence electrons. The molecule has 3 aromatic rings. The van der Waals surface area contributed by atoms with E-state index < -0.39 is 0 Å². The van der Waals surface area contributed by atoms with E-state index in [1.54, 1.807) is 12.1 Å². The highest BCUT2D eigenvalue weighted by atomic mass is 35.5. The van der Waals surface area contributed by atoms with E-state index in [2.05, 4.69) is 15.5 Å². The number of nitrogens with one attached hydrogen (secondary N) is 1. The third-order valence-electron chi connectivity index (χ3n) is 3.43. The Kier molecular flexibility index (Phi) is 5.23. The number of aromatic nitrogens is 2. The topological polar surface area (TPSA) is 68.0 Å². The van der Waals surface area contributed by atoms with Crippen molar-refractivity contribution in [1.82, 2.24) is 15.5 Å². The molecule has 0 saturated heterocycles. The first-order chi connectivity index (χ1) is 11.7. The lowest BCUT2D eigenvalue weighted by Crippen LogP contribution is -2.27. The van der Waals surface area contributed by atoms with Gasteiger partial charge in [0.1, 0.15) is 0 Å². The summed E-state index contributed by atoms with van der Waals surface area (Å²) in [6.45, 7) is 0.447. The molecule has 1 amide bonds. The molecule has 0 unspecified atom stereocenters. The van der Waals surface area contributed by atoms with Crippen LogP contribution in [-0.2, 0) is 17.6 Å². The van der Waals surface area contributed by atoms with Crippen molar-refractivity contribution in [2.45, 2.75) is 12.8 Å². The summed E-state index contributed by atoms with van der Waals surface area (Å²) in [5, 5.41) is 11.5. The second-order valence-corrected chi connectivity index (χ2v) is 5.71. The highest BCUT2D eigenvalue weighted by Crippen LogP contribution is 2.16. The van der Waals surface area contributed by atoms with Crippen LogP contribution in [0.1, 0.15) is 11.5 Å². The average Bonchev–Trinajstić information content (AvgIpc) is 3.07. The Bertz CT molecular complexity index is 801. The summed E-state index contributed by atoms with van der Waals surface area (Å²) in [5.41, 5.74) is 1.80. The van der Waals surface area contributed by atoms with Gasteiger partial charge in [-0.25, -0.2) is 0 Å². The van der Waals surface area contributed by atoms with Crippen molar-refractivity contribution in [3.63, 3.8) is 0 Å². The number of carbonyl (C=O) groups is 1. The van der Waals surface area contributed by atoms with Crippen LogP contribution < -0.4 is 5.32 Å². The number of halogens is 1. The molecule has 2 aromatic carbocycles. The molecular weight excluding hydrogens is 326 g/mol. The summed E-state index contributed by atoms with van der Waals surface area (Å²) in [7, 11) is 0. The first-order valence-corrected chi connectivity index (χ1v) is 7.97. The monoisotopic (exact) mass is 341 g/mol. The molecule has 0 fully saturated rings. The molecule has 0 bridgehead atoms. The van der Waals surface area contributed by atoms with Crippen LogP contribution in [0.25, 0.3) is 11.5 Å². The van der Waals surface area contributed by atoms with Crippen molar-refractivity contribution >= 4 is 17.5 Å². The predicted molar refractivity (Wildman–Crippen MR) is 91.6 cm³/mol. The van der Waals surface area contributed by atoms with Crippen LogP contribution in [0.4, 0.5) is 0 Å². The molecule has 0 atom stereocenters. The molecule has 24 heavy (non-hydrogen) atoms. The minimum Gasteiger partial charge on any atom is -0.421 e. The van der Waals surface area contributed by atoms with Gasteiger partial charge < -0.3 is 9.73 Å². The van der Waals surface area contributed by atoms with Gasteiger partial charge in [-0.2, -0.15) is 0 Å². The lowest BCUT2D eigenvalue weighted by molar-refractivity contribution is -0.120. The largest absolute Gasteiger partial charge is 0.421 e. The average molecular weight is 342 g/mol. The summed E-state index contributed by atoms with van der Waals surface area (Å²) in [4.78, 5) is 11.9. The van der Waals surface area contributed by atoms with Gasteiger partial charge in [-0.05, 0) is 29.8 Å². The Morgan fingerprint density at radius 3 is 2.54 bits per heavy atom. The van der Waals surface area contributed by atoms with Crippen LogP contribution in [-0.4, -0.2) is 22.6 Å². The van der Waals surface area contributed by atoms with Crippen molar-refractivity contribution in [2.75, 3.05) is 6.54 Å². The Morgan fingerprint density at radius 1 is 1.04 bits per heavy atom. The maximum absolute atomic E-state index is 11.9. The smallest absolute Gasteiger partial charge is 0.247 e. The van der Waals surface area contributed by atoms with Crippen molar-refractivity contribution < 1.29 is 9.21 Å². The molecule has 0 aliphatic rings. The summed E-state index contributed by atoms with van der Waals surface area (Å²) in [6.07, 6.45) is 0.808. The van der Waals surface area contributed by atoms with E-state index in [1.807, 2.05) is 42.5 Å². The van der Waals surface area contributed by atoms with Crippen molar-refractivity contribution in [3.05, 3.63) is 71.1 Å². The van der Waals surface area contributed by atoms with Crippen LogP contribution in [0.5, 0.6) is 0 Å². The van der Waals surface area contributed by atoms with Crippen LogP contribution >= 0.6 is 11.6 Å². The van der Waals surface area contributed by atoms with Crippen molar-refractivity contribution in [1.29, 1.82) is 0 Å². The Morgan fingerprint density at radius 2 is 1.79 bits per heavy atom. The second-order valence-electron chi connectivity index (χ2n) is 5.27. The first-order valence-electron chi connectivity index (χ1n) is 7.59. The minimum absolute atomic E-state index is 0.0554. The van der Waals surface area contributed by atoms with Gasteiger partial charge in [0.2, 0.25) is 17.7 Å². The van der Waals surface area contributed by atoms with Gasteiger partial charge in [0, 0.05) is 23.6 Å². The Hall–Kier alpha value is -2.66. The lowest BCUT2D eigenvalue weighted by atomic mass is 10.1. The van der Waals surface area contributed by atoms with Gasteiger partial charge >= 0.3 is 0 Å². The number of amides is 1. The maximum atomic E-state index is 11.9. The molecule has 6 heteroatoms. The van der Waals surface area contributed by atoms with E-state index in [1.165, 1.54) is 0 Å². The van der Waals surface area contributed by atoms with Gasteiger partial charge in [0.15, 0.2) is 0 Å². The zero-order chi connectivity index (χ0) is 16.8. The van der Waals surface area contributed by atoms with Crippen molar-refractivity contribution in [2.24, 2.45) is 0 Å². The number of hydrogen-bond donors (Lipinski definition) is 1. The second kappa shape index (κ2) is 7.75. The molecule has 1 heterocycles. The molecule has 1 aromatic heterocycles. The highest BCUT2D eigenvalue weighted by Gasteiger charge is 2.09. The molecule has 0 saturated carbocycles. The van der Waals surface area contributed by atoms with Crippen LogP contribution in [0.2, 0.25) is 5.02 Å². The van der Waals surface area contributed by atoms with Gasteiger partial charge in [-0.15, -0.1) is 10.2 Å². The summed E-state index contributed by atoms with van der Waals surface area (Å²) >= 11 is 5.82. The van der Waals surface area contributed by atoms with Gasteiger partial charge in [-0.1, -0.05) is 41.9 Å².